The topological polar surface area (TPSA) is 73.2 Å². The van der Waals surface area contributed by atoms with Crippen LogP contribution < -0.4 is 15.6 Å². The Kier molecular flexibility index (Phi) is 5.75. The average molecular weight is 417 g/mol. The Bertz CT molecular complexity index is 1300. The predicted molar refractivity (Wildman–Crippen MR) is 117 cm³/mol. The van der Waals surface area contributed by atoms with E-state index in [1.165, 1.54) is 16.7 Å². The number of carbonyl (C=O) groups is 1. The number of benzene rings is 2. The van der Waals surface area contributed by atoms with Crippen LogP contribution in [0.5, 0.6) is 5.75 Å². The number of nitrogens with zero attached hydrogens (tertiary/aromatic N) is 2. The van der Waals surface area contributed by atoms with Crippen molar-refractivity contribution in [2.45, 2.75) is 13.5 Å². The third-order valence-corrected chi connectivity index (χ3v) is 4.80. The van der Waals surface area contributed by atoms with Gasteiger partial charge >= 0.3 is 0 Å². The van der Waals surface area contributed by atoms with Crippen LogP contribution in [0.15, 0.2) is 77.7 Å². The van der Waals surface area contributed by atoms with Gasteiger partial charge in [0.25, 0.3) is 11.5 Å². The van der Waals surface area contributed by atoms with Gasteiger partial charge in [-0.15, -0.1) is 0 Å². The molecule has 0 aliphatic rings. The van der Waals surface area contributed by atoms with Crippen molar-refractivity contribution in [3.8, 4) is 5.75 Å². The lowest BCUT2D eigenvalue weighted by Gasteiger charge is -2.13. The molecule has 0 spiro atoms. The van der Waals surface area contributed by atoms with Crippen molar-refractivity contribution in [2.75, 3.05) is 11.9 Å². The highest BCUT2D eigenvalue weighted by atomic mass is 19.1. The molecule has 0 radical (unpaired) electrons. The summed E-state index contributed by atoms with van der Waals surface area (Å²) in [6.45, 7) is 2.39. The lowest BCUT2D eigenvalue weighted by Crippen LogP contribution is -2.30. The molecule has 156 valence electrons. The molecule has 0 fully saturated rings. The standard InChI is InChI=1S/C24H20FN3O3/c1-2-31-19-11-9-18(10-12-19)27-23(29)20-14-16-7-5-13-26-22(16)28(24(20)30)15-17-6-3-4-8-21(17)25/h3-14H,2,15H2,1H3,(H,27,29). The van der Waals surface area contributed by atoms with Crippen molar-refractivity contribution in [3.63, 3.8) is 0 Å². The number of fused-ring (bicyclic) bond motifs is 1. The summed E-state index contributed by atoms with van der Waals surface area (Å²) in [5, 5.41) is 3.34. The molecule has 2 aromatic carbocycles. The second-order valence-electron chi connectivity index (χ2n) is 6.87. The lowest BCUT2D eigenvalue weighted by atomic mass is 10.1. The zero-order valence-electron chi connectivity index (χ0n) is 16.8. The summed E-state index contributed by atoms with van der Waals surface area (Å²) in [5.74, 6) is -0.297. The number of halogens is 1. The number of carbonyl (C=O) groups excluding carboxylic acids is 1. The van der Waals surface area contributed by atoms with Gasteiger partial charge < -0.3 is 10.1 Å². The number of hydrogen-bond donors (Lipinski definition) is 1. The van der Waals surface area contributed by atoms with Gasteiger partial charge in [0.2, 0.25) is 0 Å². The number of ether oxygens (including phenoxy) is 1. The van der Waals surface area contributed by atoms with Gasteiger partial charge in [0, 0.05) is 22.8 Å². The van der Waals surface area contributed by atoms with Crippen molar-refractivity contribution in [2.24, 2.45) is 0 Å². The molecular formula is C24H20FN3O3. The first-order chi connectivity index (χ1) is 15.1. The number of aromatic nitrogens is 2. The fourth-order valence-electron chi connectivity index (χ4n) is 3.31. The summed E-state index contributed by atoms with van der Waals surface area (Å²) in [7, 11) is 0. The molecule has 4 rings (SSSR count). The molecule has 2 aromatic heterocycles. The molecule has 2 heterocycles. The Morgan fingerprint density at radius 2 is 1.87 bits per heavy atom. The van der Waals surface area contributed by atoms with Gasteiger partial charge in [-0.05, 0) is 55.5 Å². The van der Waals surface area contributed by atoms with Gasteiger partial charge in [0.1, 0.15) is 22.8 Å². The van der Waals surface area contributed by atoms with Crippen molar-refractivity contribution in [1.29, 1.82) is 0 Å². The first kappa shape index (κ1) is 20.3. The Hall–Kier alpha value is -4.00. The van der Waals surface area contributed by atoms with E-state index in [0.29, 0.717) is 34.6 Å². The SMILES string of the molecule is CCOc1ccc(NC(=O)c2cc3cccnc3n(Cc3ccccc3F)c2=O)cc1. The molecule has 0 aliphatic carbocycles. The summed E-state index contributed by atoms with van der Waals surface area (Å²) in [6, 6.07) is 18.1. The Morgan fingerprint density at radius 1 is 1.10 bits per heavy atom. The number of amides is 1. The second kappa shape index (κ2) is 8.79. The quantitative estimate of drug-likeness (QED) is 0.509. The highest BCUT2D eigenvalue weighted by Gasteiger charge is 2.17. The molecule has 4 aromatic rings. The van der Waals surface area contributed by atoms with E-state index < -0.39 is 17.3 Å². The van der Waals surface area contributed by atoms with Crippen LogP contribution in [-0.4, -0.2) is 22.1 Å². The maximum atomic E-state index is 14.2. The van der Waals surface area contributed by atoms with Crippen LogP contribution in [-0.2, 0) is 6.54 Å². The van der Waals surface area contributed by atoms with Crippen LogP contribution in [0.3, 0.4) is 0 Å². The monoisotopic (exact) mass is 417 g/mol. The van der Waals surface area contributed by atoms with E-state index in [4.69, 9.17) is 4.74 Å². The van der Waals surface area contributed by atoms with Crippen LogP contribution in [0.4, 0.5) is 10.1 Å². The van der Waals surface area contributed by atoms with Crippen LogP contribution in [0.2, 0.25) is 0 Å². The Morgan fingerprint density at radius 3 is 2.61 bits per heavy atom. The molecule has 0 aliphatic heterocycles. The van der Waals surface area contributed by atoms with Gasteiger partial charge in [-0.2, -0.15) is 0 Å². The highest BCUT2D eigenvalue weighted by molar-refractivity contribution is 6.05. The molecular weight excluding hydrogens is 397 g/mol. The Labute approximate surface area is 177 Å². The smallest absolute Gasteiger partial charge is 0.265 e. The van der Waals surface area contributed by atoms with E-state index in [1.807, 2.05) is 6.92 Å². The molecule has 1 amide bonds. The molecule has 0 saturated carbocycles. The van der Waals surface area contributed by atoms with Gasteiger partial charge in [-0.1, -0.05) is 18.2 Å². The minimum absolute atomic E-state index is 0.0385. The number of hydrogen-bond acceptors (Lipinski definition) is 4. The van der Waals surface area contributed by atoms with E-state index in [0.717, 1.165) is 0 Å². The number of rotatable bonds is 6. The normalized spacial score (nSPS) is 10.8. The van der Waals surface area contributed by atoms with Gasteiger partial charge in [-0.3, -0.25) is 14.2 Å². The number of nitrogens with one attached hydrogen (secondary N) is 1. The van der Waals surface area contributed by atoms with E-state index in [1.54, 1.807) is 60.8 Å². The fourth-order valence-corrected chi connectivity index (χ4v) is 3.31. The first-order valence-corrected chi connectivity index (χ1v) is 9.83. The van der Waals surface area contributed by atoms with Gasteiger partial charge in [-0.25, -0.2) is 9.37 Å². The second-order valence-corrected chi connectivity index (χ2v) is 6.87. The number of pyridine rings is 2. The summed E-state index contributed by atoms with van der Waals surface area (Å²) < 4.78 is 20.9. The van der Waals surface area contributed by atoms with Gasteiger partial charge in [0.05, 0.1) is 13.2 Å². The predicted octanol–water partition coefficient (Wildman–Crippen LogP) is 4.23. The molecule has 0 saturated heterocycles. The van der Waals surface area contributed by atoms with E-state index in [2.05, 4.69) is 10.3 Å². The van der Waals surface area contributed by atoms with Crippen LogP contribution >= 0.6 is 0 Å². The van der Waals surface area contributed by atoms with Crippen molar-refractivity contribution in [3.05, 3.63) is 100 Å². The van der Waals surface area contributed by atoms with Crippen LogP contribution in [0.25, 0.3) is 11.0 Å². The summed E-state index contributed by atoms with van der Waals surface area (Å²) in [5.41, 5.74) is 0.650. The van der Waals surface area contributed by atoms with E-state index >= 15 is 0 Å². The zero-order chi connectivity index (χ0) is 21.8. The molecule has 0 atom stereocenters. The highest BCUT2D eigenvalue weighted by Crippen LogP contribution is 2.18. The zero-order valence-corrected chi connectivity index (χ0v) is 16.8. The molecule has 0 bridgehead atoms. The Balaban J connectivity index is 1.72. The first-order valence-electron chi connectivity index (χ1n) is 9.83. The molecule has 31 heavy (non-hydrogen) atoms. The largest absolute Gasteiger partial charge is 0.494 e. The van der Waals surface area contributed by atoms with Crippen molar-refractivity contribution >= 4 is 22.6 Å². The average Bonchev–Trinajstić information content (AvgIpc) is 2.78. The third-order valence-electron chi connectivity index (χ3n) is 4.80. The molecule has 6 nitrogen and oxygen atoms in total. The van der Waals surface area contributed by atoms with Crippen LogP contribution in [0, 0.1) is 5.82 Å². The number of anilines is 1. The van der Waals surface area contributed by atoms with Crippen molar-refractivity contribution in [1.82, 2.24) is 9.55 Å². The molecule has 7 heteroatoms. The van der Waals surface area contributed by atoms with Crippen LogP contribution in [0.1, 0.15) is 22.8 Å². The summed E-state index contributed by atoms with van der Waals surface area (Å²) in [6.07, 6.45) is 1.55. The van der Waals surface area contributed by atoms with E-state index in [-0.39, 0.29) is 12.1 Å². The minimum atomic E-state index is -0.554. The maximum absolute atomic E-state index is 14.2. The van der Waals surface area contributed by atoms with E-state index in [9.17, 15) is 14.0 Å². The summed E-state index contributed by atoms with van der Waals surface area (Å²) in [4.78, 5) is 30.4. The van der Waals surface area contributed by atoms with Crippen molar-refractivity contribution < 1.29 is 13.9 Å². The minimum Gasteiger partial charge on any atom is -0.494 e. The van der Waals surface area contributed by atoms with Gasteiger partial charge in [0.15, 0.2) is 0 Å². The fraction of sp³-hybridized carbons (Fsp3) is 0.125. The molecule has 1 N–H and O–H groups in total. The lowest BCUT2D eigenvalue weighted by molar-refractivity contribution is 0.102. The summed E-state index contributed by atoms with van der Waals surface area (Å²) >= 11 is 0. The third kappa shape index (κ3) is 4.30. The molecule has 0 unspecified atom stereocenters. The maximum Gasteiger partial charge on any atom is 0.265 e.